The average Bonchev–Trinajstić information content (AvgIpc) is 3.38. The summed E-state index contributed by atoms with van der Waals surface area (Å²) in [6, 6.07) is 22.8. The Labute approximate surface area is 247 Å². The Kier molecular flexibility index (Phi) is 7.85. The molecule has 11 heteroatoms. The maximum Gasteiger partial charge on any atom is 0.296 e. The van der Waals surface area contributed by atoms with Gasteiger partial charge in [0.25, 0.3) is 6.43 Å². The fourth-order valence-corrected chi connectivity index (χ4v) is 5.49. The van der Waals surface area contributed by atoms with E-state index in [1.54, 1.807) is 24.3 Å². The molecule has 2 N–H and O–H groups in total. The van der Waals surface area contributed by atoms with Gasteiger partial charge in [0.2, 0.25) is 11.9 Å². The van der Waals surface area contributed by atoms with Crippen LogP contribution < -0.4 is 10.6 Å². The predicted octanol–water partition coefficient (Wildman–Crippen LogP) is 6.56. The number of ether oxygens (including phenoxy) is 1. The molecule has 1 unspecified atom stereocenters. The third-order valence-electron chi connectivity index (χ3n) is 7.10. The first-order chi connectivity index (χ1) is 20.3. The second-order valence-corrected chi connectivity index (χ2v) is 11.2. The first-order valence-electron chi connectivity index (χ1n) is 13.7. The summed E-state index contributed by atoms with van der Waals surface area (Å²) in [6.45, 7) is 5.75. The molecular weight excluding hydrogens is 560 g/mol. The molecular formula is C31H30ClF2N7O. The summed E-state index contributed by atoms with van der Waals surface area (Å²) in [4.78, 5) is 18.1. The lowest BCUT2D eigenvalue weighted by atomic mass is 9.89. The number of rotatable bonds is 8. The number of halogens is 3. The van der Waals surface area contributed by atoms with Crippen molar-refractivity contribution in [2.24, 2.45) is 0 Å². The molecule has 0 saturated carbocycles. The normalized spacial score (nSPS) is 15.8. The van der Waals surface area contributed by atoms with E-state index in [0.29, 0.717) is 48.0 Å². The van der Waals surface area contributed by atoms with Crippen molar-refractivity contribution >= 4 is 28.6 Å². The Morgan fingerprint density at radius 3 is 2.48 bits per heavy atom. The van der Waals surface area contributed by atoms with Crippen LogP contribution >= 0.6 is 11.6 Å². The lowest BCUT2D eigenvalue weighted by Gasteiger charge is -2.29. The maximum atomic E-state index is 14.2. The van der Waals surface area contributed by atoms with Crippen LogP contribution in [0.1, 0.15) is 43.6 Å². The highest BCUT2D eigenvalue weighted by atomic mass is 35.5. The zero-order chi connectivity index (χ0) is 29.3. The topological polar surface area (TPSA) is 89.8 Å². The highest BCUT2D eigenvalue weighted by Crippen LogP contribution is 2.33. The van der Waals surface area contributed by atoms with Crippen LogP contribution in [0.5, 0.6) is 0 Å². The van der Waals surface area contributed by atoms with Crippen molar-refractivity contribution < 1.29 is 13.5 Å². The van der Waals surface area contributed by atoms with Gasteiger partial charge >= 0.3 is 0 Å². The number of anilines is 1. The van der Waals surface area contributed by atoms with E-state index >= 15 is 0 Å². The summed E-state index contributed by atoms with van der Waals surface area (Å²) < 4.78 is 35.7. The number of benzene rings is 3. The van der Waals surface area contributed by atoms with Crippen LogP contribution in [-0.2, 0) is 11.2 Å². The van der Waals surface area contributed by atoms with E-state index in [4.69, 9.17) is 21.3 Å². The molecule has 42 heavy (non-hydrogen) atoms. The van der Waals surface area contributed by atoms with Gasteiger partial charge in [0, 0.05) is 29.2 Å². The fourth-order valence-electron chi connectivity index (χ4n) is 5.25. The molecule has 5 aromatic rings. The van der Waals surface area contributed by atoms with Crippen molar-refractivity contribution in [3.8, 4) is 17.1 Å². The molecule has 0 aliphatic carbocycles. The van der Waals surface area contributed by atoms with E-state index in [1.165, 1.54) is 4.57 Å². The van der Waals surface area contributed by atoms with Crippen LogP contribution in [0.3, 0.4) is 0 Å². The Hall–Kier alpha value is -3.99. The molecule has 0 amide bonds. The maximum absolute atomic E-state index is 14.2. The number of hydrogen-bond acceptors (Lipinski definition) is 7. The standard InChI is InChI=1S/C31H30ClF2N7O/c1-31(2,17-19-9-3-4-10-20(19)21-11-5-6-12-22(21)32)40-29-37-27(25-18-35-15-16-42-25)38-30(39-29)41-24-14-8-7-13-23(24)36-28(41)26(33)34/h3-14,25-26,35H,15-18H2,1-2H3,(H,37,38,39,40). The molecule has 1 aliphatic rings. The van der Waals surface area contributed by atoms with Gasteiger partial charge in [-0.2, -0.15) is 15.0 Å². The molecule has 0 spiro atoms. The molecule has 1 atom stereocenters. The van der Waals surface area contributed by atoms with Crippen LogP contribution in [0.2, 0.25) is 5.02 Å². The minimum absolute atomic E-state index is 0.0490. The highest BCUT2D eigenvalue weighted by molar-refractivity contribution is 6.33. The fraction of sp³-hybridized carbons (Fsp3) is 0.290. The van der Waals surface area contributed by atoms with Gasteiger partial charge in [-0.15, -0.1) is 0 Å². The van der Waals surface area contributed by atoms with E-state index in [-0.39, 0.29) is 11.9 Å². The van der Waals surface area contributed by atoms with Crippen molar-refractivity contribution in [3.05, 3.63) is 95.0 Å². The van der Waals surface area contributed by atoms with Gasteiger partial charge in [-0.05, 0) is 49.6 Å². The second-order valence-electron chi connectivity index (χ2n) is 10.8. The summed E-state index contributed by atoms with van der Waals surface area (Å²) >= 11 is 6.55. The zero-order valence-corrected chi connectivity index (χ0v) is 23.9. The van der Waals surface area contributed by atoms with Crippen molar-refractivity contribution in [3.63, 3.8) is 0 Å². The van der Waals surface area contributed by atoms with Gasteiger partial charge in [-0.25, -0.2) is 13.8 Å². The third-order valence-corrected chi connectivity index (χ3v) is 7.43. The molecule has 2 aromatic heterocycles. The quantitative estimate of drug-likeness (QED) is 0.212. The van der Waals surface area contributed by atoms with Crippen LogP contribution in [0.25, 0.3) is 28.1 Å². The monoisotopic (exact) mass is 589 g/mol. The Morgan fingerprint density at radius 1 is 0.976 bits per heavy atom. The average molecular weight is 590 g/mol. The largest absolute Gasteiger partial charge is 0.368 e. The summed E-state index contributed by atoms with van der Waals surface area (Å²) in [5.41, 5.74) is 3.41. The number of fused-ring (bicyclic) bond motifs is 1. The SMILES string of the molecule is CC(C)(Cc1ccccc1-c1ccccc1Cl)Nc1nc(C2CNCCO2)nc(-n2c(C(F)F)nc3ccccc32)n1. The summed E-state index contributed by atoms with van der Waals surface area (Å²) in [6.07, 6.45) is -2.70. The van der Waals surface area contributed by atoms with E-state index in [0.717, 1.165) is 16.7 Å². The van der Waals surface area contributed by atoms with Gasteiger partial charge in [-0.3, -0.25) is 4.57 Å². The first kappa shape index (κ1) is 28.1. The van der Waals surface area contributed by atoms with E-state index in [1.807, 2.05) is 50.2 Å². The second kappa shape index (κ2) is 11.7. The van der Waals surface area contributed by atoms with Crippen molar-refractivity contribution in [2.45, 2.75) is 38.3 Å². The molecule has 1 saturated heterocycles. The molecule has 3 heterocycles. The molecule has 3 aromatic carbocycles. The van der Waals surface area contributed by atoms with E-state index < -0.39 is 23.9 Å². The number of imidazole rings is 1. The van der Waals surface area contributed by atoms with Crippen LogP contribution in [0, 0.1) is 0 Å². The number of aromatic nitrogens is 5. The minimum Gasteiger partial charge on any atom is -0.368 e. The third kappa shape index (κ3) is 5.83. The van der Waals surface area contributed by atoms with Crippen LogP contribution in [0.15, 0.2) is 72.8 Å². The van der Waals surface area contributed by atoms with Gasteiger partial charge in [0.05, 0.1) is 17.6 Å². The Bertz CT molecular complexity index is 1720. The lowest BCUT2D eigenvalue weighted by Crippen LogP contribution is -2.36. The molecule has 216 valence electrons. The van der Waals surface area contributed by atoms with E-state index in [2.05, 4.69) is 37.7 Å². The summed E-state index contributed by atoms with van der Waals surface area (Å²) in [5.74, 6) is 0.213. The van der Waals surface area contributed by atoms with Gasteiger partial charge in [0.15, 0.2) is 11.6 Å². The molecule has 1 fully saturated rings. The van der Waals surface area contributed by atoms with E-state index in [9.17, 15) is 8.78 Å². The molecule has 6 rings (SSSR count). The smallest absolute Gasteiger partial charge is 0.296 e. The number of alkyl halides is 2. The van der Waals surface area contributed by atoms with Crippen molar-refractivity contribution in [2.75, 3.05) is 25.0 Å². The van der Waals surface area contributed by atoms with Gasteiger partial charge in [0.1, 0.15) is 6.10 Å². The van der Waals surface area contributed by atoms with Crippen molar-refractivity contribution in [1.82, 2.24) is 29.8 Å². The van der Waals surface area contributed by atoms with Crippen LogP contribution in [-0.4, -0.2) is 49.7 Å². The van der Waals surface area contributed by atoms with Crippen LogP contribution in [0.4, 0.5) is 14.7 Å². The Morgan fingerprint density at radius 2 is 1.71 bits per heavy atom. The van der Waals surface area contributed by atoms with Gasteiger partial charge in [-0.1, -0.05) is 66.2 Å². The molecule has 0 radical (unpaired) electrons. The number of nitrogens with zero attached hydrogens (tertiary/aromatic N) is 5. The van der Waals surface area contributed by atoms with Crippen molar-refractivity contribution in [1.29, 1.82) is 0 Å². The number of nitrogens with one attached hydrogen (secondary N) is 2. The molecule has 1 aliphatic heterocycles. The Balaban J connectivity index is 1.40. The van der Waals surface area contributed by atoms with Gasteiger partial charge < -0.3 is 15.4 Å². The summed E-state index contributed by atoms with van der Waals surface area (Å²) in [7, 11) is 0. The number of hydrogen-bond donors (Lipinski definition) is 2. The summed E-state index contributed by atoms with van der Waals surface area (Å²) in [5, 5.41) is 7.40. The first-order valence-corrected chi connectivity index (χ1v) is 14.1. The highest BCUT2D eigenvalue weighted by Gasteiger charge is 2.28. The molecule has 8 nitrogen and oxygen atoms in total. The predicted molar refractivity (Wildman–Crippen MR) is 159 cm³/mol. The number of morpholine rings is 1. The lowest BCUT2D eigenvalue weighted by molar-refractivity contribution is 0.0220. The zero-order valence-electron chi connectivity index (χ0n) is 23.2. The number of para-hydroxylation sites is 2. The molecule has 0 bridgehead atoms. The minimum atomic E-state index is -2.83.